The summed E-state index contributed by atoms with van der Waals surface area (Å²) in [5, 5.41) is 0. The average molecular weight is 416 g/mol. The molecule has 1 heterocycles. The minimum absolute atomic E-state index is 0.127. The molecule has 1 fully saturated rings. The normalized spacial score (nSPS) is 14.5. The van der Waals surface area contributed by atoms with Gasteiger partial charge in [0.15, 0.2) is 12.4 Å². The number of Topliss-reactive ketones (excluding diaryl/α,β-unsaturated/α-hetero) is 1. The molecule has 0 radical (unpaired) electrons. The number of carbonyl (C=O) groups excluding carboxylic acids is 3. The molecule has 0 saturated carbocycles. The monoisotopic (exact) mass is 416 g/mol. The smallest absolute Gasteiger partial charge is 0.338 e. The number of primary amides is 1. The first-order valence-electron chi connectivity index (χ1n) is 8.99. The highest BCUT2D eigenvalue weighted by Gasteiger charge is 2.27. The number of benzene rings is 2. The lowest BCUT2D eigenvalue weighted by Gasteiger charge is -2.15. The molecule has 0 unspecified atom stereocenters. The molecule has 0 spiro atoms. The number of rotatable bonds is 7. The Balaban J connectivity index is 1.60. The van der Waals surface area contributed by atoms with Gasteiger partial charge in [0.2, 0.25) is 15.9 Å². The Morgan fingerprint density at radius 3 is 1.93 bits per heavy atom. The van der Waals surface area contributed by atoms with E-state index in [1.165, 1.54) is 52.8 Å². The molecule has 2 aromatic carbocycles. The van der Waals surface area contributed by atoms with Crippen LogP contribution in [0.4, 0.5) is 0 Å². The number of carbonyl (C=O) groups is 3. The molecule has 152 valence electrons. The molecule has 9 heteroatoms. The van der Waals surface area contributed by atoms with Crippen molar-refractivity contribution in [1.82, 2.24) is 4.31 Å². The van der Waals surface area contributed by atoms with E-state index in [1.807, 2.05) is 0 Å². The lowest BCUT2D eigenvalue weighted by Crippen LogP contribution is -2.27. The zero-order valence-electron chi connectivity index (χ0n) is 15.5. The Hall–Kier alpha value is -3.04. The number of esters is 1. The summed E-state index contributed by atoms with van der Waals surface area (Å²) in [6.45, 7) is 0.507. The SMILES string of the molecule is NC(=O)c1ccc(C(=O)OCC(=O)c2ccc(S(=O)(=O)N3CCCC3)cc2)cc1. The summed E-state index contributed by atoms with van der Waals surface area (Å²) >= 11 is 0. The molecule has 0 bridgehead atoms. The van der Waals surface area contributed by atoms with Crippen LogP contribution in [0.15, 0.2) is 53.4 Å². The first-order chi connectivity index (χ1) is 13.8. The Kier molecular flexibility index (Phi) is 6.09. The number of amides is 1. The van der Waals surface area contributed by atoms with Crippen LogP contribution < -0.4 is 5.73 Å². The number of nitrogens with two attached hydrogens (primary N) is 1. The van der Waals surface area contributed by atoms with Crippen molar-refractivity contribution < 1.29 is 27.5 Å². The zero-order chi connectivity index (χ0) is 21.0. The van der Waals surface area contributed by atoms with E-state index in [0.29, 0.717) is 13.1 Å². The van der Waals surface area contributed by atoms with Gasteiger partial charge in [-0.05, 0) is 61.4 Å². The van der Waals surface area contributed by atoms with Gasteiger partial charge in [0.25, 0.3) is 0 Å². The number of hydrogen-bond donors (Lipinski definition) is 1. The molecule has 2 N–H and O–H groups in total. The predicted molar refractivity (Wildman–Crippen MR) is 104 cm³/mol. The quantitative estimate of drug-likeness (QED) is 0.540. The number of nitrogens with zero attached hydrogens (tertiary/aromatic N) is 1. The fourth-order valence-corrected chi connectivity index (χ4v) is 4.48. The van der Waals surface area contributed by atoms with Gasteiger partial charge in [-0.1, -0.05) is 0 Å². The summed E-state index contributed by atoms with van der Waals surface area (Å²) in [4.78, 5) is 35.4. The van der Waals surface area contributed by atoms with Crippen molar-refractivity contribution >= 4 is 27.7 Å². The van der Waals surface area contributed by atoms with Gasteiger partial charge in [-0.25, -0.2) is 13.2 Å². The molecule has 2 aromatic rings. The Morgan fingerprint density at radius 1 is 0.862 bits per heavy atom. The molecule has 3 rings (SSSR count). The predicted octanol–water partition coefficient (Wildman–Crippen LogP) is 1.61. The van der Waals surface area contributed by atoms with E-state index < -0.39 is 34.3 Å². The minimum Gasteiger partial charge on any atom is -0.454 e. The lowest BCUT2D eigenvalue weighted by atomic mass is 10.1. The van der Waals surface area contributed by atoms with Gasteiger partial charge >= 0.3 is 5.97 Å². The van der Waals surface area contributed by atoms with Crippen LogP contribution in [-0.4, -0.2) is 50.1 Å². The van der Waals surface area contributed by atoms with Crippen LogP contribution in [0.5, 0.6) is 0 Å². The third kappa shape index (κ3) is 4.69. The van der Waals surface area contributed by atoms with Gasteiger partial charge in [-0.2, -0.15) is 4.31 Å². The van der Waals surface area contributed by atoms with Crippen LogP contribution in [0.25, 0.3) is 0 Å². The van der Waals surface area contributed by atoms with E-state index in [-0.39, 0.29) is 21.6 Å². The van der Waals surface area contributed by atoms with Crippen molar-refractivity contribution in [1.29, 1.82) is 0 Å². The maximum atomic E-state index is 12.5. The molecule has 1 aliphatic heterocycles. The molecule has 8 nitrogen and oxygen atoms in total. The van der Waals surface area contributed by atoms with Crippen LogP contribution in [0.1, 0.15) is 43.9 Å². The number of sulfonamides is 1. The second-order valence-electron chi connectivity index (χ2n) is 6.58. The second kappa shape index (κ2) is 8.54. The highest BCUT2D eigenvalue weighted by molar-refractivity contribution is 7.89. The van der Waals surface area contributed by atoms with Gasteiger partial charge in [-0.15, -0.1) is 0 Å². The lowest BCUT2D eigenvalue weighted by molar-refractivity contribution is 0.0474. The summed E-state index contributed by atoms with van der Waals surface area (Å²) < 4.78 is 31.4. The minimum atomic E-state index is -3.55. The number of hydrogen-bond acceptors (Lipinski definition) is 6. The molecule has 0 aromatic heterocycles. The number of ketones is 1. The Morgan fingerprint density at radius 2 is 1.38 bits per heavy atom. The summed E-state index contributed by atoms with van der Waals surface area (Å²) in [5.74, 6) is -1.80. The summed E-state index contributed by atoms with van der Waals surface area (Å²) in [5.41, 5.74) is 5.80. The highest BCUT2D eigenvalue weighted by Crippen LogP contribution is 2.21. The van der Waals surface area contributed by atoms with Crippen molar-refractivity contribution in [3.05, 3.63) is 65.2 Å². The maximum absolute atomic E-state index is 12.5. The Bertz CT molecular complexity index is 1020. The fraction of sp³-hybridized carbons (Fsp3) is 0.250. The number of ether oxygens (including phenoxy) is 1. The molecule has 0 atom stereocenters. The van der Waals surface area contributed by atoms with Gasteiger partial charge < -0.3 is 10.5 Å². The second-order valence-corrected chi connectivity index (χ2v) is 8.51. The maximum Gasteiger partial charge on any atom is 0.338 e. The van der Waals surface area contributed by atoms with E-state index in [9.17, 15) is 22.8 Å². The van der Waals surface area contributed by atoms with Gasteiger partial charge in [-0.3, -0.25) is 9.59 Å². The summed E-state index contributed by atoms with van der Waals surface area (Å²) in [6, 6.07) is 11.1. The van der Waals surface area contributed by atoms with Crippen molar-refractivity contribution in [3.63, 3.8) is 0 Å². The molecule has 29 heavy (non-hydrogen) atoms. The molecular formula is C20H20N2O6S. The Labute approximate surface area is 168 Å². The fourth-order valence-electron chi connectivity index (χ4n) is 2.96. The van der Waals surface area contributed by atoms with Crippen LogP contribution >= 0.6 is 0 Å². The molecule has 0 aliphatic carbocycles. The van der Waals surface area contributed by atoms with E-state index in [0.717, 1.165) is 12.8 Å². The first-order valence-corrected chi connectivity index (χ1v) is 10.4. The van der Waals surface area contributed by atoms with Crippen LogP contribution in [0.2, 0.25) is 0 Å². The van der Waals surface area contributed by atoms with Crippen LogP contribution in [-0.2, 0) is 14.8 Å². The third-order valence-corrected chi connectivity index (χ3v) is 6.53. The molecule has 1 amide bonds. The molecule has 1 saturated heterocycles. The van der Waals surface area contributed by atoms with E-state index in [4.69, 9.17) is 10.5 Å². The van der Waals surface area contributed by atoms with E-state index in [2.05, 4.69) is 0 Å². The van der Waals surface area contributed by atoms with Crippen LogP contribution in [0, 0.1) is 0 Å². The van der Waals surface area contributed by atoms with Crippen molar-refractivity contribution in [2.24, 2.45) is 5.73 Å². The van der Waals surface area contributed by atoms with Gasteiger partial charge in [0.1, 0.15) is 0 Å². The highest BCUT2D eigenvalue weighted by atomic mass is 32.2. The molecular weight excluding hydrogens is 396 g/mol. The van der Waals surface area contributed by atoms with E-state index in [1.54, 1.807) is 0 Å². The topological polar surface area (TPSA) is 124 Å². The van der Waals surface area contributed by atoms with Crippen molar-refractivity contribution in [2.45, 2.75) is 17.7 Å². The summed E-state index contributed by atoms with van der Waals surface area (Å²) in [6.07, 6.45) is 1.68. The van der Waals surface area contributed by atoms with Gasteiger partial charge in [0.05, 0.1) is 10.5 Å². The average Bonchev–Trinajstić information content (AvgIpc) is 3.27. The van der Waals surface area contributed by atoms with E-state index >= 15 is 0 Å². The largest absolute Gasteiger partial charge is 0.454 e. The third-order valence-electron chi connectivity index (χ3n) is 4.62. The standard InChI is InChI=1S/C20H20N2O6S/c21-19(24)15-3-5-16(6-4-15)20(25)28-13-18(23)14-7-9-17(10-8-14)29(26,27)22-11-1-2-12-22/h3-10H,1-2,11-13H2,(H2,21,24). The first kappa shape index (κ1) is 20.7. The van der Waals surface area contributed by atoms with Gasteiger partial charge in [0, 0.05) is 24.2 Å². The van der Waals surface area contributed by atoms with Crippen molar-refractivity contribution in [2.75, 3.05) is 19.7 Å². The van der Waals surface area contributed by atoms with Crippen molar-refractivity contribution in [3.8, 4) is 0 Å². The molecule has 1 aliphatic rings. The zero-order valence-corrected chi connectivity index (χ0v) is 16.4. The van der Waals surface area contributed by atoms with Crippen LogP contribution in [0.3, 0.4) is 0 Å². The summed E-state index contributed by atoms with van der Waals surface area (Å²) in [7, 11) is -3.55.